The van der Waals surface area contributed by atoms with E-state index in [1.165, 1.54) is 0 Å². The van der Waals surface area contributed by atoms with Crippen molar-refractivity contribution in [2.75, 3.05) is 32.6 Å². The van der Waals surface area contributed by atoms with E-state index in [0.717, 1.165) is 38.4 Å². The van der Waals surface area contributed by atoms with E-state index in [9.17, 15) is 14.4 Å². The highest BCUT2D eigenvalue weighted by atomic mass is 32.1. The molecule has 0 aliphatic carbocycles. The van der Waals surface area contributed by atoms with Crippen molar-refractivity contribution >= 4 is 34.8 Å². The quantitative estimate of drug-likeness (QED) is 0.0994. The molecule has 0 aliphatic rings. The fourth-order valence-corrected chi connectivity index (χ4v) is 6.68. The molecule has 1 aromatic heterocycles. The first-order valence-corrected chi connectivity index (χ1v) is 18.9. The summed E-state index contributed by atoms with van der Waals surface area (Å²) in [6, 6.07) is 28.2. The molecule has 0 fully saturated rings. The molecule has 1 heterocycles. The average Bonchev–Trinajstić information content (AvgIpc) is 3.58. The van der Waals surface area contributed by atoms with Gasteiger partial charge in [-0.15, -0.1) is 11.3 Å². The summed E-state index contributed by atoms with van der Waals surface area (Å²) in [4.78, 5) is 41.5. The molecule has 278 valence electrons. The summed E-state index contributed by atoms with van der Waals surface area (Å²) in [7, 11) is 3.64. The van der Waals surface area contributed by atoms with Gasteiger partial charge in [0.2, 0.25) is 11.8 Å². The van der Waals surface area contributed by atoms with Crippen LogP contribution in [-0.4, -0.2) is 55.6 Å². The Morgan fingerprint density at radius 2 is 1.54 bits per heavy atom. The van der Waals surface area contributed by atoms with E-state index in [1.807, 2.05) is 96.4 Å². The molecule has 4 rings (SSSR count). The third kappa shape index (κ3) is 11.6. The largest absolute Gasteiger partial charge is 0.465 e. The lowest BCUT2D eigenvalue weighted by molar-refractivity contribution is -0.146. The first-order valence-electron chi connectivity index (χ1n) is 18.0. The molecular formula is C43H55N3O5S. The van der Waals surface area contributed by atoms with Crippen LogP contribution in [0, 0.1) is 11.3 Å². The second kappa shape index (κ2) is 18.4. The zero-order valence-corrected chi connectivity index (χ0v) is 32.8. The number of ether oxygens (including phenoxy) is 2. The molecular weight excluding hydrogens is 671 g/mol. The van der Waals surface area contributed by atoms with Crippen LogP contribution in [0.1, 0.15) is 78.0 Å². The number of likely N-dealkylation sites (N-methyl/N-ethyl adjacent to an activating group) is 2. The predicted molar refractivity (Wildman–Crippen MR) is 212 cm³/mol. The van der Waals surface area contributed by atoms with Crippen molar-refractivity contribution in [1.29, 1.82) is 0 Å². The Balaban J connectivity index is 1.36. The smallest absolute Gasteiger partial charge is 0.305 e. The van der Waals surface area contributed by atoms with Gasteiger partial charge in [0, 0.05) is 32.0 Å². The van der Waals surface area contributed by atoms with Gasteiger partial charge in [-0.25, -0.2) is 0 Å². The van der Waals surface area contributed by atoms with Crippen molar-refractivity contribution < 1.29 is 23.9 Å². The summed E-state index contributed by atoms with van der Waals surface area (Å²) in [5, 5.41) is 7.98. The maximum absolute atomic E-state index is 13.5. The molecule has 0 bridgehead atoms. The molecule has 0 saturated heterocycles. The van der Waals surface area contributed by atoms with Gasteiger partial charge in [0.25, 0.3) is 0 Å². The predicted octanol–water partition coefficient (Wildman–Crippen LogP) is 9.13. The third-order valence-electron chi connectivity index (χ3n) is 9.15. The highest BCUT2D eigenvalue weighted by Crippen LogP contribution is 2.37. The van der Waals surface area contributed by atoms with Gasteiger partial charge in [-0.2, -0.15) is 0 Å². The Hall–Kier alpha value is -4.31. The number of nitrogens with one attached hydrogen (secondary N) is 2. The molecule has 0 spiro atoms. The van der Waals surface area contributed by atoms with E-state index >= 15 is 0 Å². The number of hydrogen-bond donors (Lipinski definition) is 2. The lowest BCUT2D eigenvalue weighted by Gasteiger charge is -2.29. The summed E-state index contributed by atoms with van der Waals surface area (Å²) < 4.78 is 11.4. The molecule has 0 aliphatic heterocycles. The number of amides is 2. The summed E-state index contributed by atoms with van der Waals surface area (Å²) in [6.45, 7) is 13.2. The fourth-order valence-electron chi connectivity index (χ4n) is 5.83. The highest BCUT2D eigenvalue weighted by molar-refractivity contribution is 7.14. The molecule has 8 nitrogen and oxygen atoms in total. The number of benzene rings is 3. The maximum Gasteiger partial charge on any atom is 0.305 e. The number of carbonyl (C=O) groups is 3. The third-order valence-corrected chi connectivity index (χ3v) is 10.1. The Morgan fingerprint density at radius 3 is 2.21 bits per heavy atom. The number of nitrogens with zero attached hydrogens (tertiary/aromatic N) is 1. The first kappa shape index (κ1) is 40.5. The Labute approximate surface area is 313 Å². The summed E-state index contributed by atoms with van der Waals surface area (Å²) in [5.74, 6) is -0.0280. The van der Waals surface area contributed by atoms with Crippen LogP contribution in [0.5, 0.6) is 0 Å². The Bertz CT molecular complexity index is 1760. The average molecular weight is 726 g/mol. The molecule has 0 saturated carbocycles. The van der Waals surface area contributed by atoms with Gasteiger partial charge in [-0.3, -0.25) is 19.3 Å². The van der Waals surface area contributed by atoms with Gasteiger partial charge in [0.1, 0.15) is 6.04 Å². The second-order valence-electron chi connectivity index (χ2n) is 15.1. The molecule has 0 radical (unpaired) electrons. The monoisotopic (exact) mass is 725 g/mol. The second-order valence-corrected chi connectivity index (χ2v) is 16.0. The fraction of sp³-hybridized carbons (Fsp3) is 0.419. The number of esters is 1. The van der Waals surface area contributed by atoms with Crippen molar-refractivity contribution in [2.45, 2.75) is 79.0 Å². The van der Waals surface area contributed by atoms with Crippen LogP contribution in [-0.2, 0) is 30.4 Å². The Kier molecular flexibility index (Phi) is 14.4. The zero-order chi connectivity index (χ0) is 37.9. The molecule has 1 atom stereocenters. The van der Waals surface area contributed by atoms with Gasteiger partial charge in [-0.1, -0.05) is 100 Å². The molecule has 2 amide bonds. The minimum absolute atomic E-state index is 0.0441. The number of anilines is 1. The molecule has 9 heteroatoms. The number of carbonyl (C=O) groups excluding carboxylic acids is 3. The van der Waals surface area contributed by atoms with Crippen LogP contribution in [0.15, 0.2) is 90.3 Å². The highest BCUT2D eigenvalue weighted by Gasteiger charge is 2.30. The van der Waals surface area contributed by atoms with E-state index in [0.29, 0.717) is 44.9 Å². The van der Waals surface area contributed by atoms with E-state index in [2.05, 4.69) is 58.0 Å². The SMILES string of the molecule is CNC(=O)C(c1ccccc1)N(C)Cc1ccc(-c2cccc(-c3sccc3NC(=O)C(C)(C)CCOC(C)(C)CCC(=O)OCC(C)C)c2)cc1. The first-order chi connectivity index (χ1) is 24.7. The van der Waals surface area contributed by atoms with Gasteiger partial charge in [-0.05, 0) is 85.0 Å². The van der Waals surface area contributed by atoms with Crippen molar-refractivity contribution in [2.24, 2.45) is 11.3 Å². The van der Waals surface area contributed by atoms with Gasteiger partial charge < -0.3 is 20.1 Å². The van der Waals surface area contributed by atoms with Gasteiger partial charge >= 0.3 is 5.97 Å². The van der Waals surface area contributed by atoms with Crippen LogP contribution in [0.25, 0.3) is 21.6 Å². The standard InChI is InChI=1S/C43H55N3O5S/c1-30(2)29-50-37(47)21-23-43(5,6)51-25-24-42(3,4)41(49)45-36-22-26-52-39(36)35-16-12-15-34(27-35)32-19-17-31(18-20-32)28-46(8)38(40(48)44-7)33-13-10-9-11-14-33/h9-20,22,26-27,30,38H,21,23-25,28-29H2,1-8H3,(H,44,48)(H,45,49). The summed E-state index contributed by atoms with van der Waals surface area (Å²) >= 11 is 1.59. The van der Waals surface area contributed by atoms with Crippen LogP contribution >= 0.6 is 11.3 Å². The summed E-state index contributed by atoms with van der Waals surface area (Å²) in [6.07, 6.45) is 1.37. The zero-order valence-electron chi connectivity index (χ0n) is 32.0. The minimum Gasteiger partial charge on any atom is -0.465 e. The van der Waals surface area contributed by atoms with E-state index in [-0.39, 0.29) is 17.8 Å². The van der Waals surface area contributed by atoms with Gasteiger partial charge in [0.05, 0.1) is 22.8 Å². The van der Waals surface area contributed by atoms with Crippen LogP contribution < -0.4 is 10.6 Å². The van der Waals surface area contributed by atoms with E-state index in [4.69, 9.17) is 9.47 Å². The normalized spacial score (nSPS) is 12.5. The van der Waals surface area contributed by atoms with Gasteiger partial charge in [0.15, 0.2) is 0 Å². The van der Waals surface area contributed by atoms with E-state index in [1.54, 1.807) is 18.4 Å². The Morgan fingerprint density at radius 1 is 0.846 bits per heavy atom. The lowest BCUT2D eigenvalue weighted by Crippen LogP contribution is -2.36. The van der Waals surface area contributed by atoms with E-state index < -0.39 is 17.1 Å². The minimum atomic E-state index is -0.676. The number of hydrogen-bond acceptors (Lipinski definition) is 7. The summed E-state index contributed by atoms with van der Waals surface area (Å²) in [5.41, 5.74) is 4.83. The van der Waals surface area contributed by atoms with Crippen LogP contribution in [0.3, 0.4) is 0 Å². The molecule has 3 aromatic carbocycles. The number of rotatable bonds is 18. The van der Waals surface area contributed by atoms with Crippen molar-refractivity contribution in [3.63, 3.8) is 0 Å². The van der Waals surface area contributed by atoms with Crippen LogP contribution in [0.2, 0.25) is 0 Å². The molecule has 2 N–H and O–H groups in total. The molecule has 52 heavy (non-hydrogen) atoms. The maximum atomic E-state index is 13.5. The number of thiophene rings is 1. The van der Waals surface area contributed by atoms with Crippen molar-refractivity contribution in [3.05, 3.63) is 101 Å². The topological polar surface area (TPSA) is 97.0 Å². The van der Waals surface area contributed by atoms with Crippen molar-refractivity contribution in [3.8, 4) is 21.6 Å². The molecule has 4 aromatic rings. The lowest BCUT2D eigenvalue weighted by atomic mass is 9.88. The van der Waals surface area contributed by atoms with Crippen molar-refractivity contribution in [1.82, 2.24) is 10.2 Å². The molecule has 1 unspecified atom stereocenters. The van der Waals surface area contributed by atoms with Crippen LogP contribution in [0.4, 0.5) is 5.69 Å².